The Morgan fingerprint density at radius 1 is 0.316 bits per heavy atom. The van der Waals surface area contributed by atoms with Gasteiger partial charge in [-0.1, -0.05) is 192 Å². The van der Waals surface area contributed by atoms with Gasteiger partial charge in [0, 0.05) is 61.4 Å². The fourth-order valence-corrected chi connectivity index (χ4v) is 16.1. The van der Waals surface area contributed by atoms with Crippen molar-refractivity contribution < 1.29 is 14.2 Å². The van der Waals surface area contributed by atoms with Crippen LogP contribution < -0.4 is 51.9 Å². The first-order valence-electron chi connectivity index (χ1n) is 34.5. The van der Waals surface area contributed by atoms with Gasteiger partial charge in [0.25, 0.3) is 13.4 Å². The van der Waals surface area contributed by atoms with E-state index in [2.05, 4.69) is 322 Å². The lowest BCUT2D eigenvalue weighted by molar-refractivity contribution is 0.463. The fourth-order valence-electron chi connectivity index (χ4n) is 16.1. The SMILES string of the molecule is CC(C)(C)c1ccc2c(c1)Oc1cc(-c3cc4c5c(c3)N(c3ccccc3-c3ccccc3)c3cc(-n6c7ccc(C(C)(C)C)cc7c7cc(C(C)(C)C)ccc76)ccc3B5c3ccc(-n5c6ccc(C#N)cc6c6cc(C(C)(C)C)ccc65)cc3O4)cc3c1B2c1ccccc1O3. The summed E-state index contributed by atoms with van der Waals surface area (Å²) in [4.78, 5) is 2.53. The molecule has 0 aliphatic carbocycles. The quantitative estimate of drug-likeness (QED) is 0.161. The molecule has 0 saturated carbocycles. The summed E-state index contributed by atoms with van der Waals surface area (Å²) in [6.45, 7) is 27.0. The molecule has 0 saturated heterocycles. The Morgan fingerprint density at radius 2 is 0.755 bits per heavy atom. The zero-order valence-electron chi connectivity index (χ0n) is 57.6. The molecule has 0 fully saturated rings. The predicted octanol–water partition coefficient (Wildman–Crippen LogP) is 19.4. The fraction of sp³-hybridized carbons (Fsp3) is 0.180. The van der Waals surface area contributed by atoms with Gasteiger partial charge in [-0.15, -0.1) is 0 Å². The topological polar surface area (TPSA) is 64.6 Å². The first-order chi connectivity index (χ1) is 47.0. The molecule has 0 spiro atoms. The van der Waals surface area contributed by atoms with Crippen LogP contribution in [0.1, 0.15) is 111 Å². The first-order valence-corrected chi connectivity index (χ1v) is 34.5. The van der Waals surface area contributed by atoms with Crippen molar-refractivity contribution in [1.29, 1.82) is 5.26 Å². The summed E-state index contributed by atoms with van der Waals surface area (Å²) in [6, 6.07) is 87.6. The van der Waals surface area contributed by atoms with E-state index in [0.29, 0.717) is 5.56 Å². The number of nitriles is 1. The second-order valence-electron chi connectivity index (χ2n) is 31.7. The van der Waals surface area contributed by atoms with Crippen LogP contribution in [0.3, 0.4) is 0 Å². The number of hydrogen-bond donors (Lipinski definition) is 0. The minimum Gasteiger partial charge on any atom is -0.458 e. The number of benzene rings is 12. The average Bonchev–Trinajstić information content (AvgIpc) is 0.751. The zero-order valence-corrected chi connectivity index (χ0v) is 57.6. The molecule has 0 radical (unpaired) electrons. The number of hydrogen-bond acceptors (Lipinski definition) is 5. The number of nitrogens with zero attached hydrogens (tertiary/aromatic N) is 4. The van der Waals surface area contributed by atoms with Crippen molar-refractivity contribution in [3.05, 3.63) is 258 Å². The Labute approximate surface area is 574 Å². The number of para-hydroxylation sites is 2. The molecule has 0 N–H and O–H groups in total. The van der Waals surface area contributed by atoms with Crippen LogP contribution in [0.5, 0.6) is 34.5 Å². The molecule has 98 heavy (non-hydrogen) atoms. The largest absolute Gasteiger partial charge is 0.458 e. The van der Waals surface area contributed by atoms with Crippen molar-refractivity contribution in [2.24, 2.45) is 0 Å². The molecule has 4 aliphatic rings. The highest BCUT2D eigenvalue weighted by Gasteiger charge is 2.45. The van der Waals surface area contributed by atoms with Crippen LogP contribution in [0.15, 0.2) is 231 Å². The summed E-state index contributed by atoms with van der Waals surface area (Å²) in [5.74, 6) is 4.79. The summed E-state index contributed by atoms with van der Waals surface area (Å²) in [5, 5.41) is 14.9. The van der Waals surface area contributed by atoms with Crippen LogP contribution in [0, 0.1) is 11.3 Å². The summed E-state index contributed by atoms with van der Waals surface area (Å²) >= 11 is 0. The van der Waals surface area contributed by atoms with E-state index in [4.69, 9.17) is 14.2 Å². The maximum absolute atomic E-state index is 10.3. The Kier molecular flexibility index (Phi) is 12.8. The van der Waals surface area contributed by atoms with Crippen molar-refractivity contribution in [2.75, 3.05) is 4.90 Å². The van der Waals surface area contributed by atoms with Crippen LogP contribution in [-0.4, -0.2) is 22.6 Å². The molecule has 9 heteroatoms. The van der Waals surface area contributed by atoms with E-state index in [1.165, 1.54) is 33.0 Å². The van der Waals surface area contributed by atoms with Gasteiger partial charge in [0.1, 0.15) is 34.5 Å². The monoisotopic (exact) mass is 1270 g/mol. The number of aromatic nitrogens is 2. The number of fused-ring (bicyclic) bond motifs is 14. The van der Waals surface area contributed by atoms with Gasteiger partial charge in [-0.3, -0.25) is 0 Å². The molecule has 0 unspecified atom stereocenters. The molecule has 4 aliphatic heterocycles. The molecule has 6 heterocycles. The van der Waals surface area contributed by atoms with Crippen LogP contribution in [0.2, 0.25) is 0 Å². The van der Waals surface area contributed by atoms with Crippen molar-refractivity contribution in [3.63, 3.8) is 0 Å². The van der Waals surface area contributed by atoms with Crippen molar-refractivity contribution in [2.45, 2.75) is 105 Å². The molecule has 0 amide bonds. The lowest BCUT2D eigenvalue weighted by Crippen LogP contribution is -2.59. The van der Waals surface area contributed by atoms with Gasteiger partial charge < -0.3 is 28.2 Å². The van der Waals surface area contributed by atoms with E-state index >= 15 is 0 Å². The Balaban J connectivity index is 0.909. The predicted molar refractivity (Wildman–Crippen MR) is 409 cm³/mol. The molecule has 14 aromatic rings. The van der Waals surface area contributed by atoms with Crippen molar-refractivity contribution >= 4 is 107 Å². The van der Waals surface area contributed by atoms with Gasteiger partial charge in [-0.25, -0.2) is 0 Å². The maximum Gasteiger partial charge on any atom is 0.260 e. The zero-order chi connectivity index (χ0) is 67.2. The van der Waals surface area contributed by atoms with E-state index in [1.54, 1.807) is 0 Å². The third-order valence-electron chi connectivity index (χ3n) is 21.3. The Hall–Kier alpha value is -10.9. The van der Waals surface area contributed by atoms with Gasteiger partial charge >= 0.3 is 0 Å². The van der Waals surface area contributed by atoms with Crippen LogP contribution >= 0.6 is 0 Å². The lowest BCUT2D eigenvalue weighted by Gasteiger charge is -2.41. The van der Waals surface area contributed by atoms with E-state index in [0.717, 1.165) is 151 Å². The molecule has 7 nitrogen and oxygen atoms in total. The Bertz CT molecular complexity index is 5750. The molecular formula is C89H74B2N4O3. The smallest absolute Gasteiger partial charge is 0.260 e. The van der Waals surface area contributed by atoms with Gasteiger partial charge in [-0.05, 0) is 203 Å². The molecule has 474 valence electrons. The van der Waals surface area contributed by atoms with Crippen LogP contribution in [-0.2, 0) is 21.7 Å². The van der Waals surface area contributed by atoms with Crippen molar-refractivity contribution in [3.8, 4) is 74.2 Å². The molecular weight excluding hydrogens is 1190 g/mol. The summed E-state index contributed by atoms with van der Waals surface area (Å²) in [7, 11) is 0. The second kappa shape index (κ2) is 21.0. The standard InChI is InChI=1S/C89H74B2N4O3/c1-86(2,3)56-28-37-73-64(45-56)63-40-52(51-92)26-36-72(63)94(73)61-32-35-70-80(50-61)98-81-42-54(55-43-82-85-83(44-55)97-79-48-59(89(10,11)12)27-33-69(79)91(85)68-23-17-19-25-78(68)96-82)41-77-84(81)90(70)67-34-31-60(49-76(67)95(77)71-24-18-16-22-62(71)53-20-14-13-15-21-53)93-74-38-29-57(87(4,5)6)46-65(74)66-47-58(88(7,8)9)30-39-75(66)93/h13-50H,1-12H3. The van der Waals surface area contributed by atoms with E-state index in [1.807, 2.05) is 12.1 Å². The van der Waals surface area contributed by atoms with E-state index in [9.17, 15) is 5.26 Å². The van der Waals surface area contributed by atoms with E-state index in [-0.39, 0.29) is 35.1 Å². The number of ether oxygens (including phenoxy) is 3. The minimum absolute atomic E-state index is 0.0537. The third-order valence-corrected chi connectivity index (χ3v) is 21.3. The molecule has 0 bridgehead atoms. The average molecular weight is 1270 g/mol. The van der Waals surface area contributed by atoms with E-state index < -0.39 is 0 Å². The number of anilines is 3. The summed E-state index contributed by atoms with van der Waals surface area (Å²) in [6.07, 6.45) is 0. The van der Waals surface area contributed by atoms with Crippen LogP contribution in [0.25, 0.3) is 77.2 Å². The minimum atomic E-state index is -0.259. The summed E-state index contributed by atoms with van der Waals surface area (Å²) < 4.78 is 26.9. The maximum atomic E-state index is 10.3. The lowest BCUT2D eigenvalue weighted by atomic mass is 9.34. The Morgan fingerprint density at radius 3 is 1.35 bits per heavy atom. The highest BCUT2D eigenvalue weighted by atomic mass is 16.5. The third kappa shape index (κ3) is 9.17. The first kappa shape index (κ1) is 59.5. The van der Waals surface area contributed by atoms with Crippen molar-refractivity contribution in [1.82, 2.24) is 9.13 Å². The summed E-state index contributed by atoms with van der Waals surface area (Å²) in [5.41, 5.74) is 25.6. The highest BCUT2D eigenvalue weighted by molar-refractivity contribution is 6.99. The second-order valence-corrected chi connectivity index (χ2v) is 31.7. The van der Waals surface area contributed by atoms with Gasteiger partial charge in [0.05, 0.1) is 39.4 Å². The van der Waals surface area contributed by atoms with Gasteiger partial charge in [0.15, 0.2) is 0 Å². The molecule has 12 aromatic carbocycles. The molecule has 2 aromatic heterocycles. The molecule has 0 atom stereocenters. The van der Waals surface area contributed by atoms with Gasteiger partial charge in [0.2, 0.25) is 0 Å². The normalized spacial score (nSPS) is 13.7. The molecule has 18 rings (SSSR count). The number of rotatable bonds is 5. The van der Waals surface area contributed by atoms with Gasteiger partial charge in [-0.2, -0.15) is 5.26 Å². The highest BCUT2D eigenvalue weighted by Crippen LogP contribution is 2.50. The van der Waals surface area contributed by atoms with Crippen LogP contribution in [0.4, 0.5) is 17.1 Å².